The van der Waals surface area contributed by atoms with Gasteiger partial charge in [0.2, 0.25) is 0 Å². The number of hydrogen-bond acceptors (Lipinski definition) is 0. The highest BCUT2D eigenvalue weighted by Gasteiger charge is 1.96. The molecule has 59 valence electrons. The van der Waals surface area contributed by atoms with Crippen LogP contribution in [0.5, 0.6) is 0 Å². The predicted octanol–water partition coefficient (Wildman–Crippen LogP) is 3.59. The summed E-state index contributed by atoms with van der Waals surface area (Å²) in [6, 6.07) is 0. The van der Waals surface area contributed by atoms with Gasteiger partial charge in [0.05, 0.1) is 0 Å². The Morgan fingerprint density at radius 2 is 2.10 bits per heavy atom. The van der Waals surface area contributed by atoms with Crippen LogP contribution < -0.4 is 0 Å². The third kappa shape index (κ3) is 5.87. The summed E-state index contributed by atoms with van der Waals surface area (Å²) in [5.41, 5.74) is 0. The van der Waals surface area contributed by atoms with E-state index in [2.05, 4.69) is 20.4 Å². The predicted molar refractivity (Wildman–Crippen MR) is 47.8 cm³/mol. The average molecular weight is 139 g/mol. The fourth-order valence-corrected chi connectivity index (χ4v) is 0.926. The fraction of sp³-hybridized carbons (Fsp3) is 0.700. The van der Waals surface area contributed by atoms with Crippen LogP contribution >= 0.6 is 0 Å². The van der Waals surface area contributed by atoms with Crippen LogP contribution in [0.4, 0.5) is 0 Å². The molecular formula is C10H19. The van der Waals surface area contributed by atoms with Crippen molar-refractivity contribution >= 4 is 0 Å². The van der Waals surface area contributed by atoms with Crippen molar-refractivity contribution < 1.29 is 0 Å². The Morgan fingerprint density at radius 3 is 2.60 bits per heavy atom. The van der Waals surface area contributed by atoms with E-state index >= 15 is 0 Å². The third-order valence-electron chi connectivity index (χ3n) is 1.85. The standard InChI is InChI=1S/C10H19/c1-4-6-7-8-9-10(3)5-2/h4,10H,1-2,5-9H2,3H3. The molecule has 0 amide bonds. The number of rotatable bonds is 6. The van der Waals surface area contributed by atoms with Crippen molar-refractivity contribution in [1.29, 1.82) is 0 Å². The molecule has 0 aromatic carbocycles. The summed E-state index contributed by atoms with van der Waals surface area (Å²) in [5.74, 6) is 0.810. The molecule has 1 atom stereocenters. The van der Waals surface area contributed by atoms with Gasteiger partial charge in [-0.3, -0.25) is 0 Å². The second-order valence-electron chi connectivity index (χ2n) is 2.97. The van der Waals surface area contributed by atoms with Crippen molar-refractivity contribution in [2.45, 2.75) is 39.0 Å². The second-order valence-corrected chi connectivity index (χ2v) is 2.97. The molecule has 0 aliphatic carbocycles. The van der Waals surface area contributed by atoms with Crippen molar-refractivity contribution in [3.05, 3.63) is 19.6 Å². The van der Waals surface area contributed by atoms with Gasteiger partial charge in [0.25, 0.3) is 0 Å². The van der Waals surface area contributed by atoms with Crippen molar-refractivity contribution in [3.63, 3.8) is 0 Å². The molecule has 0 bridgehead atoms. The quantitative estimate of drug-likeness (QED) is 0.389. The first-order valence-corrected chi connectivity index (χ1v) is 4.21. The maximum absolute atomic E-state index is 3.86. The van der Waals surface area contributed by atoms with Crippen LogP contribution in [0.1, 0.15) is 39.0 Å². The summed E-state index contributed by atoms with van der Waals surface area (Å²) in [6.45, 7) is 9.81. The monoisotopic (exact) mass is 139 g/mol. The van der Waals surface area contributed by atoms with Gasteiger partial charge in [-0.05, 0) is 18.8 Å². The highest BCUT2D eigenvalue weighted by molar-refractivity contribution is 4.66. The average Bonchev–Trinajstić information content (AvgIpc) is 1.98. The zero-order valence-electron chi connectivity index (χ0n) is 7.10. The van der Waals surface area contributed by atoms with Crippen LogP contribution in [-0.4, -0.2) is 0 Å². The maximum atomic E-state index is 3.86. The third-order valence-corrected chi connectivity index (χ3v) is 1.85. The van der Waals surface area contributed by atoms with E-state index in [9.17, 15) is 0 Å². The number of allylic oxidation sites excluding steroid dienone is 1. The molecule has 0 aliphatic rings. The van der Waals surface area contributed by atoms with Gasteiger partial charge in [0.1, 0.15) is 0 Å². The molecule has 0 nitrogen and oxygen atoms in total. The molecule has 0 heteroatoms. The lowest BCUT2D eigenvalue weighted by Crippen LogP contribution is -1.90. The molecule has 0 aromatic rings. The lowest BCUT2D eigenvalue weighted by atomic mass is 10.0. The van der Waals surface area contributed by atoms with Gasteiger partial charge in [0, 0.05) is 0 Å². The minimum Gasteiger partial charge on any atom is -0.103 e. The van der Waals surface area contributed by atoms with Crippen LogP contribution in [0.15, 0.2) is 12.7 Å². The van der Waals surface area contributed by atoms with Crippen molar-refractivity contribution in [2.75, 3.05) is 0 Å². The van der Waals surface area contributed by atoms with E-state index in [4.69, 9.17) is 0 Å². The van der Waals surface area contributed by atoms with E-state index in [1.807, 2.05) is 6.08 Å². The first kappa shape index (κ1) is 9.74. The van der Waals surface area contributed by atoms with E-state index < -0.39 is 0 Å². The van der Waals surface area contributed by atoms with Crippen LogP contribution in [0.2, 0.25) is 0 Å². The van der Waals surface area contributed by atoms with E-state index in [0.717, 1.165) is 12.3 Å². The number of unbranched alkanes of at least 4 members (excludes halogenated alkanes) is 2. The molecule has 0 N–H and O–H groups in total. The Balaban J connectivity index is 2.95. The fourth-order valence-electron chi connectivity index (χ4n) is 0.926. The zero-order chi connectivity index (χ0) is 7.82. The first-order chi connectivity index (χ1) is 4.81. The summed E-state index contributed by atoms with van der Waals surface area (Å²) in [7, 11) is 0. The topological polar surface area (TPSA) is 0 Å². The van der Waals surface area contributed by atoms with Crippen LogP contribution in [-0.2, 0) is 0 Å². The SMILES string of the molecule is [CH2]CC(C)CCCCC=C. The van der Waals surface area contributed by atoms with E-state index in [-0.39, 0.29) is 0 Å². The summed E-state index contributed by atoms with van der Waals surface area (Å²) < 4.78 is 0. The van der Waals surface area contributed by atoms with Crippen molar-refractivity contribution in [3.8, 4) is 0 Å². The molecule has 10 heavy (non-hydrogen) atoms. The van der Waals surface area contributed by atoms with E-state index in [0.29, 0.717) is 0 Å². The first-order valence-electron chi connectivity index (χ1n) is 4.21. The largest absolute Gasteiger partial charge is 0.103 e. The van der Waals surface area contributed by atoms with Gasteiger partial charge in [-0.1, -0.05) is 39.2 Å². The van der Waals surface area contributed by atoms with Crippen molar-refractivity contribution in [1.82, 2.24) is 0 Å². The number of hydrogen-bond donors (Lipinski definition) is 0. The molecule has 1 unspecified atom stereocenters. The highest BCUT2D eigenvalue weighted by Crippen LogP contribution is 2.11. The maximum Gasteiger partial charge on any atom is -0.0353 e. The van der Waals surface area contributed by atoms with Gasteiger partial charge >= 0.3 is 0 Å². The van der Waals surface area contributed by atoms with Gasteiger partial charge in [-0.25, -0.2) is 0 Å². The minimum absolute atomic E-state index is 0.810. The smallest absolute Gasteiger partial charge is 0.0353 e. The Bertz CT molecular complexity index is 74.1. The summed E-state index contributed by atoms with van der Waals surface area (Å²) in [6.07, 6.45) is 8.21. The molecule has 0 aliphatic heterocycles. The Kier molecular flexibility index (Phi) is 6.68. The lowest BCUT2D eigenvalue weighted by molar-refractivity contribution is 0.504. The summed E-state index contributed by atoms with van der Waals surface area (Å²) in [4.78, 5) is 0. The van der Waals surface area contributed by atoms with Gasteiger partial charge < -0.3 is 0 Å². The molecule has 0 heterocycles. The molecule has 0 fully saturated rings. The van der Waals surface area contributed by atoms with Gasteiger partial charge in [0.15, 0.2) is 0 Å². The minimum atomic E-state index is 0.810. The lowest BCUT2D eigenvalue weighted by Gasteiger charge is -2.05. The normalized spacial score (nSPS) is 13.0. The van der Waals surface area contributed by atoms with Gasteiger partial charge in [-0.2, -0.15) is 0 Å². The summed E-state index contributed by atoms with van der Waals surface area (Å²) >= 11 is 0. The summed E-state index contributed by atoms with van der Waals surface area (Å²) in [5, 5.41) is 0. The Hall–Kier alpha value is -0.260. The Labute approximate surface area is 65.3 Å². The van der Waals surface area contributed by atoms with Crippen LogP contribution in [0.25, 0.3) is 0 Å². The highest BCUT2D eigenvalue weighted by atomic mass is 14.0. The van der Waals surface area contributed by atoms with Crippen LogP contribution in [0, 0.1) is 12.8 Å². The molecule has 0 spiro atoms. The molecule has 0 saturated carbocycles. The van der Waals surface area contributed by atoms with E-state index in [1.165, 1.54) is 25.7 Å². The van der Waals surface area contributed by atoms with E-state index in [1.54, 1.807) is 0 Å². The molecule has 0 aromatic heterocycles. The molecule has 0 saturated heterocycles. The molecular weight excluding hydrogens is 120 g/mol. The van der Waals surface area contributed by atoms with Gasteiger partial charge in [-0.15, -0.1) is 6.58 Å². The zero-order valence-corrected chi connectivity index (χ0v) is 7.10. The Morgan fingerprint density at radius 1 is 1.40 bits per heavy atom. The second kappa shape index (κ2) is 6.85. The molecule has 0 rings (SSSR count). The molecule has 1 radical (unpaired) electrons. The van der Waals surface area contributed by atoms with Crippen LogP contribution in [0.3, 0.4) is 0 Å². The van der Waals surface area contributed by atoms with Crippen molar-refractivity contribution in [2.24, 2.45) is 5.92 Å².